The molecule has 1 amide bonds. The van der Waals surface area contributed by atoms with E-state index in [0.29, 0.717) is 5.56 Å². The van der Waals surface area contributed by atoms with Crippen molar-refractivity contribution in [1.29, 1.82) is 0 Å². The number of nitrogens with zero attached hydrogens (tertiary/aromatic N) is 1. The monoisotopic (exact) mass is 276 g/mol. The van der Waals surface area contributed by atoms with Crippen molar-refractivity contribution < 1.29 is 9.90 Å². The van der Waals surface area contributed by atoms with Gasteiger partial charge in [-0.1, -0.05) is 27.7 Å². The standard InChI is InChI=1S/C16H24N2O2/c1-15(2)6-12(7-16(3,4)10-15)18-14(20)11-5-13(19)9-17-8-11/h5,8-9,12,19H,6-7,10H2,1-4H3,(H,18,20). The first-order chi connectivity index (χ1) is 9.17. The molecule has 1 fully saturated rings. The molecule has 20 heavy (non-hydrogen) atoms. The molecule has 0 bridgehead atoms. The molecule has 2 N–H and O–H groups in total. The molecule has 1 aliphatic rings. The van der Waals surface area contributed by atoms with E-state index in [-0.39, 0.29) is 28.5 Å². The van der Waals surface area contributed by atoms with E-state index in [0.717, 1.165) is 12.8 Å². The number of carbonyl (C=O) groups is 1. The number of aromatic hydroxyl groups is 1. The maximum atomic E-state index is 12.2. The first kappa shape index (κ1) is 14.8. The van der Waals surface area contributed by atoms with Crippen molar-refractivity contribution in [2.24, 2.45) is 10.8 Å². The fourth-order valence-corrected chi connectivity index (χ4v) is 3.77. The van der Waals surface area contributed by atoms with Crippen LogP contribution in [0.3, 0.4) is 0 Å². The molecule has 1 saturated carbocycles. The van der Waals surface area contributed by atoms with Crippen molar-refractivity contribution in [3.8, 4) is 5.75 Å². The number of pyridine rings is 1. The van der Waals surface area contributed by atoms with Gasteiger partial charge in [-0.05, 0) is 36.2 Å². The number of amides is 1. The Morgan fingerprint density at radius 2 is 1.85 bits per heavy atom. The van der Waals surface area contributed by atoms with E-state index < -0.39 is 0 Å². The lowest BCUT2D eigenvalue weighted by Gasteiger charge is -2.45. The number of rotatable bonds is 2. The van der Waals surface area contributed by atoms with Gasteiger partial charge in [0.1, 0.15) is 5.75 Å². The molecular weight excluding hydrogens is 252 g/mol. The number of hydrogen-bond donors (Lipinski definition) is 2. The molecule has 0 atom stereocenters. The quantitative estimate of drug-likeness (QED) is 0.872. The number of hydrogen-bond acceptors (Lipinski definition) is 3. The third-order valence-corrected chi connectivity index (χ3v) is 3.88. The van der Waals surface area contributed by atoms with Gasteiger partial charge in [0.15, 0.2) is 0 Å². The molecule has 1 aliphatic carbocycles. The molecule has 1 aromatic rings. The lowest BCUT2D eigenvalue weighted by molar-refractivity contribution is 0.0713. The predicted molar refractivity (Wildman–Crippen MR) is 78.6 cm³/mol. The largest absolute Gasteiger partial charge is 0.506 e. The van der Waals surface area contributed by atoms with Crippen molar-refractivity contribution in [2.45, 2.75) is 53.0 Å². The topological polar surface area (TPSA) is 62.2 Å². The highest BCUT2D eigenvalue weighted by Crippen LogP contribution is 2.45. The van der Waals surface area contributed by atoms with Crippen molar-refractivity contribution >= 4 is 5.91 Å². The van der Waals surface area contributed by atoms with Gasteiger partial charge in [0.05, 0.1) is 11.8 Å². The second-order valence-electron chi connectivity index (χ2n) is 7.52. The highest BCUT2D eigenvalue weighted by Gasteiger charge is 2.38. The summed E-state index contributed by atoms with van der Waals surface area (Å²) in [7, 11) is 0. The van der Waals surface area contributed by atoms with E-state index in [2.05, 4.69) is 38.0 Å². The van der Waals surface area contributed by atoms with E-state index in [1.807, 2.05) is 0 Å². The third kappa shape index (κ3) is 3.71. The molecule has 0 unspecified atom stereocenters. The van der Waals surface area contributed by atoms with Crippen LogP contribution in [-0.2, 0) is 0 Å². The molecule has 0 spiro atoms. The summed E-state index contributed by atoms with van der Waals surface area (Å²) in [6.45, 7) is 9.01. The van der Waals surface area contributed by atoms with Crippen LogP contribution < -0.4 is 5.32 Å². The van der Waals surface area contributed by atoms with Gasteiger partial charge in [-0.3, -0.25) is 9.78 Å². The molecule has 0 aliphatic heterocycles. The van der Waals surface area contributed by atoms with Gasteiger partial charge in [-0.2, -0.15) is 0 Å². The van der Waals surface area contributed by atoms with Crippen molar-refractivity contribution in [1.82, 2.24) is 10.3 Å². The summed E-state index contributed by atoms with van der Waals surface area (Å²) in [5, 5.41) is 12.5. The Bertz CT molecular complexity index is 493. The van der Waals surface area contributed by atoms with Crippen LogP contribution in [0.5, 0.6) is 5.75 Å². The van der Waals surface area contributed by atoms with E-state index in [1.165, 1.54) is 24.9 Å². The maximum Gasteiger partial charge on any atom is 0.253 e. The normalized spacial score (nSPS) is 21.4. The number of nitrogens with one attached hydrogen (secondary N) is 1. The fraction of sp³-hybridized carbons (Fsp3) is 0.625. The Labute approximate surface area is 120 Å². The van der Waals surface area contributed by atoms with Gasteiger partial charge in [0.2, 0.25) is 0 Å². The Kier molecular flexibility index (Phi) is 3.76. The SMILES string of the molecule is CC1(C)CC(NC(=O)c2cncc(O)c2)CC(C)(C)C1. The van der Waals surface area contributed by atoms with Gasteiger partial charge in [-0.25, -0.2) is 0 Å². The summed E-state index contributed by atoms with van der Waals surface area (Å²) < 4.78 is 0. The molecule has 1 aromatic heterocycles. The fourth-order valence-electron chi connectivity index (χ4n) is 3.77. The highest BCUT2D eigenvalue weighted by molar-refractivity contribution is 5.94. The van der Waals surface area contributed by atoms with E-state index in [1.54, 1.807) is 0 Å². The van der Waals surface area contributed by atoms with Crippen molar-refractivity contribution in [3.63, 3.8) is 0 Å². The van der Waals surface area contributed by atoms with Crippen molar-refractivity contribution in [2.75, 3.05) is 0 Å². The van der Waals surface area contributed by atoms with E-state index in [9.17, 15) is 9.90 Å². The van der Waals surface area contributed by atoms with E-state index >= 15 is 0 Å². The van der Waals surface area contributed by atoms with Crippen molar-refractivity contribution in [3.05, 3.63) is 24.0 Å². The second kappa shape index (κ2) is 5.08. The molecule has 0 radical (unpaired) electrons. The molecule has 4 nitrogen and oxygen atoms in total. The zero-order valence-electron chi connectivity index (χ0n) is 12.7. The Balaban J connectivity index is 2.08. The van der Waals surface area contributed by atoms with Crippen LogP contribution in [0, 0.1) is 10.8 Å². The van der Waals surface area contributed by atoms with Gasteiger partial charge >= 0.3 is 0 Å². The third-order valence-electron chi connectivity index (χ3n) is 3.88. The Morgan fingerprint density at radius 3 is 2.40 bits per heavy atom. The molecular formula is C16H24N2O2. The second-order valence-corrected chi connectivity index (χ2v) is 7.52. The molecule has 1 heterocycles. The molecule has 4 heteroatoms. The van der Waals surface area contributed by atoms with E-state index in [4.69, 9.17) is 0 Å². The molecule has 0 aromatic carbocycles. The minimum atomic E-state index is -0.160. The summed E-state index contributed by atoms with van der Waals surface area (Å²) in [5.41, 5.74) is 0.874. The first-order valence-electron chi connectivity index (χ1n) is 7.12. The Morgan fingerprint density at radius 1 is 1.25 bits per heavy atom. The maximum absolute atomic E-state index is 12.2. The minimum Gasteiger partial charge on any atom is -0.506 e. The summed E-state index contributed by atoms with van der Waals surface area (Å²) in [6.07, 6.45) is 5.93. The average Bonchev–Trinajstić information content (AvgIpc) is 2.24. The van der Waals surface area contributed by atoms with Crippen LogP contribution in [0.4, 0.5) is 0 Å². The summed E-state index contributed by atoms with van der Waals surface area (Å²) in [4.78, 5) is 16.1. The molecule has 110 valence electrons. The van der Waals surface area contributed by atoms with Gasteiger partial charge in [-0.15, -0.1) is 0 Å². The average molecular weight is 276 g/mol. The van der Waals surface area contributed by atoms with Crippen LogP contribution >= 0.6 is 0 Å². The highest BCUT2D eigenvalue weighted by atomic mass is 16.3. The lowest BCUT2D eigenvalue weighted by Crippen LogP contribution is -2.46. The van der Waals surface area contributed by atoms with Crippen LogP contribution in [0.1, 0.15) is 57.3 Å². The van der Waals surface area contributed by atoms with Crippen LogP contribution in [0.25, 0.3) is 0 Å². The lowest BCUT2D eigenvalue weighted by atomic mass is 9.63. The summed E-state index contributed by atoms with van der Waals surface area (Å²) >= 11 is 0. The van der Waals surface area contributed by atoms with Gasteiger partial charge in [0.25, 0.3) is 5.91 Å². The smallest absolute Gasteiger partial charge is 0.253 e. The zero-order valence-corrected chi connectivity index (χ0v) is 12.7. The zero-order chi connectivity index (χ0) is 15.0. The Hall–Kier alpha value is -1.58. The summed E-state index contributed by atoms with van der Waals surface area (Å²) in [6, 6.07) is 1.62. The molecule has 0 saturated heterocycles. The predicted octanol–water partition coefficient (Wildman–Crippen LogP) is 3.12. The van der Waals surface area contributed by atoms with Crippen LogP contribution in [0.15, 0.2) is 18.5 Å². The van der Waals surface area contributed by atoms with Crippen LogP contribution in [0.2, 0.25) is 0 Å². The number of aromatic nitrogens is 1. The minimum absolute atomic E-state index is 0.0157. The molecule has 2 rings (SSSR count). The van der Waals surface area contributed by atoms with Gasteiger partial charge < -0.3 is 10.4 Å². The first-order valence-corrected chi connectivity index (χ1v) is 7.12. The van der Waals surface area contributed by atoms with Gasteiger partial charge in [0, 0.05) is 12.2 Å². The van der Waals surface area contributed by atoms with Crippen LogP contribution in [-0.4, -0.2) is 22.0 Å². The summed E-state index contributed by atoms with van der Waals surface area (Å²) in [5.74, 6) is -0.145. The number of carbonyl (C=O) groups excluding carboxylic acids is 1.